The van der Waals surface area contributed by atoms with Crippen LogP contribution in [0.3, 0.4) is 0 Å². The van der Waals surface area contributed by atoms with Crippen LogP contribution in [0.25, 0.3) is 0 Å². The van der Waals surface area contributed by atoms with E-state index in [-0.39, 0.29) is 18.1 Å². The van der Waals surface area contributed by atoms with Crippen molar-refractivity contribution in [1.29, 1.82) is 0 Å². The van der Waals surface area contributed by atoms with Gasteiger partial charge in [-0.25, -0.2) is 0 Å². The Labute approximate surface area is 83.6 Å². The molecule has 1 heterocycles. The molecule has 1 aliphatic heterocycles. The van der Waals surface area contributed by atoms with Gasteiger partial charge in [0.2, 0.25) is 0 Å². The molecule has 1 N–H and O–H groups in total. The molecular weight excluding hydrogens is 186 g/mol. The Hall–Kier alpha value is -0.650. The van der Waals surface area contributed by atoms with Gasteiger partial charge in [-0.3, -0.25) is 9.69 Å². The van der Waals surface area contributed by atoms with Crippen LogP contribution in [0, 0.1) is 0 Å². The Bertz CT molecular complexity index is 191. The SMILES string of the molecule is COCC(CC(=O)OC)N1CC(O)C1. The van der Waals surface area contributed by atoms with Gasteiger partial charge in [0.05, 0.1) is 26.2 Å². The number of β-amino-alcohol motifs (C(OH)–C–C–N with tert-alkyl or cyclic N) is 1. The van der Waals surface area contributed by atoms with Crippen LogP contribution in [0.4, 0.5) is 0 Å². The first kappa shape index (κ1) is 11.4. The molecule has 0 aromatic carbocycles. The molecule has 0 radical (unpaired) electrons. The third kappa shape index (κ3) is 2.94. The predicted octanol–water partition coefficient (Wildman–Crippen LogP) is -0.759. The summed E-state index contributed by atoms with van der Waals surface area (Å²) in [7, 11) is 2.97. The van der Waals surface area contributed by atoms with Gasteiger partial charge in [-0.05, 0) is 0 Å². The van der Waals surface area contributed by atoms with E-state index in [9.17, 15) is 4.79 Å². The molecule has 1 saturated heterocycles. The second kappa shape index (κ2) is 5.29. The number of ether oxygens (including phenoxy) is 2. The highest BCUT2D eigenvalue weighted by Gasteiger charge is 2.32. The van der Waals surface area contributed by atoms with E-state index in [1.165, 1.54) is 7.11 Å². The lowest BCUT2D eigenvalue weighted by atomic mass is 10.1. The molecule has 0 bridgehead atoms. The molecule has 0 amide bonds. The fraction of sp³-hybridized carbons (Fsp3) is 0.889. The summed E-state index contributed by atoms with van der Waals surface area (Å²) in [4.78, 5) is 13.1. The summed E-state index contributed by atoms with van der Waals surface area (Å²) < 4.78 is 9.60. The van der Waals surface area contributed by atoms with Crippen molar-refractivity contribution in [2.24, 2.45) is 0 Å². The van der Waals surface area contributed by atoms with Crippen molar-refractivity contribution in [2.45, 2.75) is 18.6 Å². The zero-order valence-corrected chi connectivity index (χ0v) is 8.60. The molecule has 0 spiro atoms. The monoisotopic (exact) mass is 203 g/mol. The Morgan fingerprint density at radius 2 is 2.21 bits per heavy atom. The summed E-state index contributed by atoms with van der Waals surface area (Å²) in [5.41, 5.74) is 0. The number of likely N-dealkylation sites (tertiary alicyclic amines) is 1. The molecule has 1 atom stereocenters. The van der Waals surface area contributed by atoms with Crippen LogP contribution in [-0.2, 0) is 14.3 Å². The highest BCUT2D eigenvalue weighted by molar-refractivity contribution is 5.69. The second-order valence-electron chi connectivity index (χ2n) is 3.50. The van der Waals surface area contributed by atoms with E-state index in [1.54, 1.807) is 7.11 Å². The van der Waals surface area contributed by atoms with Gasteiger partial charge in [0.25, 0.3) is 0 Å². The van der Waals surface area contributed by atoms with Gasteiger partial charge in [0.15, 0.2) is 0 Å². The molecule has 1 rings (SSSR count). The average molecular weight is 203 g/mol. The Morgan fingerprint density at radius 1 is 1.57 bits per heavy atom. The topological polar surface area (TPSA) is 59.0 Å². The number of aliphatic hydroxyl groups is 1. The summed E-state index contributed by atoms with van der Waals surface area (Å²) in [5.74, 6) is -0.242. The van der Waals surface area contributed by atoms with Gasteiger partial charge >= 0.3 is 5.97 Å². The lowest BCUT2D eigenvalue weighted by Crippen LogP contribution is -2.57. The van der Waals surface area contributed by atoms with Gasteiger partial charge in [-0.1, -0.05) is 0 Å². The maximum Gasteiger partial charge on any atom is 0.307 e. The first-order valence-electron chi connectivity index (χ1n) is 4.65. The molecule has 0 saturated carbocycles. The Balaban J connectivity index is 2.35. The number of rotatable bonds is 5. The summed E-state index contributed by atoms with van der Waals surface area (Å²) >= 11 is 0. The van der Waals surface area contributed by atoms with E-state index >= 15 is 0 Å². The van der Waals surface area contributed by atoms with Gasteiger partial charge in [0.1, 0.15) is 0 Å². The zero-order chi connectivity index (χ0) is 10.6. The minimum Gasteiger partial charge on any atom is -0.469 e. The molecule has 0 aromatic heterocycles. The molecule has 1 aliphatic rings. The van der Waals surface area contributed by atoms with Crippen LogP contribution < -0.4 is 0 Å². The predicted molar refractivity (Wildman–Crippen MR) is 49.9 cm³/mol. The molecule has 1 unspecified atom stereocenters. The first-order chi connectivity index (χ1) is 6.67. The van der Waals surface area contributed by atoms with Crippen molar-refractivity contribution in [1.82, 2.24) is 4.90 Å². The lowest BCUT2D eigenvalue weighted by molar-refractivity contribution is -0.144. The number of aliphatic hydroxyl groups excluding tert-OH is 1. The van der Waals surface area contributed by atoms with E-state index in [2.05, 4.69) is 4.74 Å². The highest BCUT2D eigenvalue weighted by Crippen LogP contribution is 2.15. The fourth-order valence-corrected chi connectivity index (χ4v) is 1.55. The number of esters is 1. The summed E-state index contributed by atoms with van der Waals surface area (Å²) in [6, 6.07) is 0.0239. The van der Waals surface area contributed by atoms with Crippen LogP contribution in [0.2, 0.25) is 0 Å². The fourth-order valence-electron chi connectivity index (χ4n) is 1.55. The molecule has 82 valence electrons. The summed E-state index contributed by atoms with van der Waals surface area (Å²) in [6.07, 6.45) is 0.0591. The van der Waals surface area contributed by atoms with E-state index in [1.807, 2.05) is 4.90 Å². The highest BCUT2D eigenvalue weighted by atomic mass is 16.5. The minimum absolute atomic E-state index is 0.0239. The van der Waals surface area contributed by atoms with Crippen molar-refractivity contribution in [3.63, 3.8) is 0 Å². The van der Waals surface area contributed by atoms with Crippen LogP contribution in [-0.4, -0.2) is 62.0 Å². The van der Waals surface area contributed by atoms with Crippen molar-refractivity contribution < 1.29 is 19.4 Å². The van der Waals surface area contributed by atoms with E-state index in [0.29, 0.717) is 26.1 Å². The van der Waals surface area contributed by atoms with Crippen LogP contribution in [0.5, 0.6) is 0 Å². The number of hydrogen-bond donors (Lipinski definition) is 1. The van der Waals surface area contributed by atoms with Crippen molar-refractivity contribution in [2.75, 3.05) is 33.9 Å². The Morgan fingerprint density at radius 3 is 2.64 bits per heavy atom. The van der Waals surface area contributed by atoms with Gasteiger partial charge in [-0.2, -0.15) is 0 Å². The molecule has 5 heteroatoms. The number of hydrogen-bond acceptors (Lipinski definition) is 5. The zero-order valence-electron chi connectivity index (χ0n) is 8.60. The second-order valence-corrected chi connectivity index (χ2v) is 3.50. The molecule has 0 aliphatic carbocycles. The van der Waals surface area contributed by atoms with Crippen molar-refractivity contribution in [3.8, 4) is 0 Å². The third-order valence-electron chi connectivity index (χ3n) is 2.40. The van der Waals surface area contributed by atoms with Crippen LogP contribution in [0.1, 0.15) is 6.42 Å². The van der Waals surface area contributed by atoms with Crippen LogP contribution >= 0.6 is 0 Å². The summed E-state index contributed by atoms with van der Waals surface area (Å²) in [5, 5.41) is 9.13. The van der Waals surface area contributed by atoms with Crippen molar-refractivity contribution in [3.05, 3.63) is 0 Å². The van der Waals surface area contributed by atoms with Crippen LogP contribution in [0.15, 0.2) is 0 Å². The quantitative estimate of drug-likeness (QED) is 0.595. The Kier molecular flexibility index (Phi) is 4.31. The minimum atomic E-state index is -0.257. The third-order valence-corrected chi connectivity index (χ3v) is 2.40. The lowest BCUT2D eigenvalue weighted by Gasteiger charge is -2.41. The normalized spacial score (nSPS) is 20.2. The smallest absolute Gasteiger partial charge is 0.307 e. The average Bonchev–Trinajstić information content (AvgIpc) is 2.12. The molecule has 14 heavy (non-hydrogen) atoms. The molecule has 1 fully saturated rings. The van der Waals surface area contributed by atoms with E-state index < -0.39 is 0 Å². The largest absolute Gasteiger partial charge is 0.469 e. The number of nitrogens with zero attached hydrogens (tertiary/aromatic N) is 1. The van der Waals surface area contributed by atoms with E-state index in [4.69, 9.17) is 9.84 Å². The maximum atomic E-state index is 11.1. The molecule has 0 aromatic rings. The van der Waals surface area contributed by atoms with Crippen molar-refractivity contribution >= 4 is 5.97 Å². The van der Waals surface area contributed by atoms with E-state index in [0.717, 1.165) is 0 Å². The number of carbonyl (C=O) groups excluding carboxylic acids is 1. The maximum absolute atomic E-state index is 11.1. The van der Waals surface area contributed by atoms with Gasteiger partial charge in [0, 0.05) is 26.2 Å². The first-order valence-corrected chi connectivity index (χ1v) is 4.65. The summed E-state index contributed by atoms with van der Waals surface area (Å²) in [6.45, 7) is 1.72. The molecule has 5 nitrogen and oxygen atoms in total. The number of methoxy groups -OCH3 is 2. The standard InChI is InChI=1S/C9H17NO4/c1-13-6-7(3-9(12)14-2)10-4-8(11)5-10/h7-8,11H,3-6H2,1-2H3. The van der Waals surface area contributed by atoms with Gasteiger partial charge in [-0.15, -0.1) is 0 Å². The number of carbonyl (C=O) groups is 1. The molecular formula is C9H17NO4. The van der Waals surface area contributed by atoms with Gasteiger partial charge < -0.3 is 14.6 Å².